The second kappa shape index (κ2) is 6.09. The first kappa shape index (κ1) is 13.8. The lowest BCUT2D eigenvalue weighted by Crippen LogP contribution is -2.14. The van der Waals surface area contributed by atoms with Crippen LogP contribution >= 0.6 is 0 Å². The lowest BCUT2D eigenvalue weighted by Gasteiger charge is -2.05. The second-order valence-corrected chi connectivity index (χ2v) is 4.45. The molecule has 0 aliphatic carbocycles. The summed E-state index contributed by atoms with van der Waals surface area (Å²) in [6.45, 7) is 0. The smallest absolute Gasteiger partial charge is 0.274 e. The van der Waals surface area contributed by atoms with Crippen molar-refractivity contribution in [1.29, 1.82) is 0 Å². The number of carbonyl (C=O) groups is 1. The number of hydrogen-bond donors (Lipinski definition) is 1. The highest BCUT2D eigenvalue weighted by Crippen LogP contribution is 2.16. The monoisotopic (exact) mass is 294 g/mol. The molecule has 0 unspecified atom stereocenters. The molecule has 0 saturated heterocycles. The SMILES string of the molecule is O=C(Nc1ccc(-c2ccccn2)nc1)c1cccc(F)n1. The normalized spacial score (nSPS) is 10.2. The Morgan fingerprint density at radius 1 is 0.955 bits per heavy atom. The van der Waals surface area contributed by atoms with Gasteiger partial charge in [0, 0.05) is 6.20 Å². The van der Waals surface area contributed by atoms with E-state index in [4.69, 9.17) is 0 Å². The fourth-order valence-corrected chi connectivity index (χ4v) is 1.86. The van der Waals surface area contributed by atoms with Crippen LogP contribution in [-0.2, 0) is 0 Å². The average Bonchev–Trinajstić information content (AvgIpc) is 2.56. The highest BCUT2D eigenvalue weighted by molar-refractivity contribution is 6.02. The summed E-state index contributed by atoms with van der Waals surface area (Å²) in [5.41, 5.74) is 1.94. The number of aromatic nitrogens is 3. The zero-order chi connectivity index (χ0) is 15.4. The molecule has 0 radical (unpaired) electrons. The molecule has 108 valence electrons. The van der Waals surface area contributed by atoms with Gasteiger partial charge >= 0.3 is 0 Å². The molecule has 0 aliphatic rings. The predicted octanol–water partition coefficient (Wildman–Crippen LogP) is 2.93. The number of pyridine rings is 3. The molecule has 6 heteroatoms. The molecule has 0 fully saturated rings. The largest absolute Gasteiger partial charge is 0.319 e. The van der Waals surface area contributed by atoms with E-state index in [0.29, 0.717) is 11.4 Å². The summed E-state index contributed by atoms with van der Waals surface area (Å²) in [5.74, 6) is -1.19. The van der Waals surface area contributed by atoms with Crippen LogP contribution in [0.2, 0.25) is 0 Å². The van der Waals surface area contributed by atoms with Gasteiger partial charge < -0.3 is 5.32 Å². The third kappa shape index (κ3) is 3.12. The summed E-state index contributed by atoms with van der Waals surface area (Å²) in [6, 6.07) is 13.0. The molecule has 3 heterocycles. The van der Waals surface area contributed by atoms with Crippen LogP contribution in [0.3, 0.4) is 0 Å². The lowest BCUT2D eigenvalue weighted by atomic mass is 10.2. The molecular formula is C16H11FN4O. The van der Waals surface area contributed by atoms with Crippen molar-refractivity contribution >= 4 is 11.6 Å². The van der Waals surface area contributed by atoms with E-state index in [2.05, 4.69) is 20.3 Å². The summed E-state index contributed by atoms with van der Waals surface area (Å²) in [4.78, 5) is 23.9. The summed E-state index contributed by atoms with van der Waals surface area (Å²) in [7, 11) is 0. The number of nitrogens with one attached hydrogen (secondary N) is 1. The molecule has 0 atom stereocenters. The highest BCUT2D eigenvalue weighted by Gasteiger charge is 2.09. The van der Waals surface area contributed by atoms with Crippen LogP contribution in [-0.4, -0.2) is 20.9 Å². The van der Waals surface area contributed by atoms with Gasteiger partial charge in [0.1, 0.15) is 5.69 Å². The Balaban J connectivity index is 1.75. The molecule has 1 amide bonds. The number of halogens is 1. The van der Waals surface area contributed by atoms with E-state index in [1.54, 1.807) is 18.3 Å². The van der Waals surface area contributed by atoms with Gasteiger partial charge in [0.2, 0.25) is 5.95 Å². The molecular weight excluding hydrogens is 283 g/mol. The third-order valence-electron chi connectivity index (χ3n) is 2.90. The maximum atomic E-state index is 13.0. The van der Waals surface area contributed by atoms with Gasteiger partial charge in [-0.15, -0.1) is 0 Å². The topological polar surface area (TPSA) is 67.8 Å². The molecule has 0 spiro atoms. The van der Waals surface area contributed by atoms with Crippen LogP contribution in [0.15, 0.2) is 60.9 Å². The number of carbonyl (C=O) groups excluding carboxylic acids is 1. The molecule has 0 aliphatic heterocycles. The van der Waals surface area contributed by atoms with E-state index in [9.17, 15) is 9.18 Å². The first-order valence-electron chi connectivity index (χ1n) is 6.54. The molecule has 1 N–H and O–H groups in total. The van der Waals surface area contributed by atoms with Crippen LogP contribution in [0.1, 0.15) is 10.5 Å². The zero-order valence-electron chi connectivity index (χ0n) is 11.4. The number of rotatable bonds is 3. The molecule has 0 bridgehead atoms. The minimum absolute atomic E-state index is 0.00815. The molecule has 3 rings (SSSR count). The van der Waals surface area contributed by atoms with Crippen LogP contribution in [0.4, 0.5) is 10.1 Å². The van der Waals surface area contributed by atoms with Crippen molar-refractivity contribution < 1.29 is 9.18 Å². The van der Waals surface area contributed by atoms with Gasteiger partial charge in [-0.25, -0.2) is 4.98 Å². The van der Waals surface area contributed by atoms with Crippen LogP contribution < -0.4 is 5.32 Å². The molecule has 5 nitrogen and oxygen atoms in total. The van der Waals surface area contributed by atoms with Gasteiger partial charge in [-0.2, -0.15) is 4.39 Å². The van der Waals surface area contributed by atoms with E-state index in [0.717, 1.165) is 5.69 Å². The molecule has 3 aromatic rings. The Morgan fingerprint density at radius 2 is 1.82 bits per heavy atom. The number of hydrogen-bond acceptors (Lipinski definition) is 4. The van der Waals surface area contributed by atoms with Crippen molar-refractivity contribution in [2.45, 2.75) is 0 Å². The Labute approximate surface area is 125 Å². The quantitative estimate of drug-likeness (QED) is 0.754. The van der Waals surface area contributed by atoms with Crippen molar-refractivity contribution in [2.24, 2.45) is 0 Å². The van der Waals surface area contributed by atoms with Gasteiger partial charge in [0.15, 0.2) is 0 Å². The van der Waals surface area contributed by atoms with Crippen LogP contribution in [0, 0.1) is 5.95 Å². The van der Waals surface area contributed by atoms with Crippen molar-refractivity contribution in [1.82, 2.24) is 15.0 Å². The van der Waals surface area contributed by atoms with Gasteiger partial charge in [-0.3, -0.25) is 14.8 Å². The van der Waals surface area contributed by atoms with E-state index in [1.165, 1.54) is 24.4 Å². The number of amides is 1. The number of nitrogens with zero attached hydrogens (tertiary/aromatic N) is 3. The first-order valence-corrected chi connectivity index (χ1v) is 6.54. The van der Waals surface area contributed by atoms with Gasteiger partial charge in [0.25, 0.3) is 5.91 Å². The fraction of sp³-hybridized carbons (Fsp3) is 0. The molecule has 0 aromatic carbocycles. The van der Waals surface area contributed by atoms with Crippen molar-refractivity contribution in [3.8, 4) is 11.4 Å². The lowest BCUT2D eigenvalue weighted by molar-refractivity contribution is 0.102. The van der Waals surface area contributed by atoms with E-state index in [1.807, 2.05) is 18.2 Å². The standard InChI is InChI=1S/C16H11FN4O/c17-15-6-3-5-14(21-15)16(22)20-11-7-8-13(19-10-11)12-4-1-2-9-18-12/h1-10H,(H,20,22). The first-order chi connectivity index (χ1) is 10.7. The fourth-order valence-electron chi connectivity index (χ4n) is 1.86. The Bertz CT molecular complexity index is 791. The second-order valence-electron chi connectivity index (χ2n) is 4.45. The van der Waals surface area contributed by atoms with E-state index in [-0.39, 0.29) is 5.69 Å². The average molecular weight is 294 g/mol. The van der Waals surface area contributed by atoms with Crippen molar-refractivity contribution in [2.75, 3.05) is 5.32 Å². The Hall–Kier alpha value is -3.15. The number of anilines is 1. The minimum atomic E-state index is -0.698. The maximum absolute atomic E-state index is 13.0. The summed E-state index contributed by atoms with van der Waals surface area (Å²) in [5, 5.41) is 2.61. The minimum Gasteiger partial charge on any atom is -0.319 e. The molecule has 22 heavy (non-hydrogen) atoms. The van der Waals surface area contributed by atoms with Crippen molar-refractivity contribution in [3.63, 3.8) is 0 Å². The van der Waals surface area contributed by atoms with E-state index < -0.39 is 11.9 Å². The molecule has 0 saturated carbocycles. The van der Waals surface area contributed by atoms with Crippen LogP contribution in [0.25, 0.3) is 11.4 Å². The van der Waals surface area contributed by atoms with Crippen molar-refractivity contribution in [3.05, 3.63) is 72.6 Å². The summed E-state index contributed by atoms with van der Waals surface area (Å²) < 4.78 is 13.0. The Morgan fingerprint density at radius 3 is 2.50 bits per heavy atom. The van der Waals surface area contributed by atoms with Gasteiger partial charge in [-0.1, -0.05) is 12.1 Å². The summed E-state index contributed by atoms with van der Waals surface area (Å²) >= 11 is 0. The van der Waals surface area contributed by atoms with Gasteiger partial charge in [0.05, 0.1) is 23.3 Å². The summed E-state index contributed by atoms with van der Waals surface area (Å²) in [6.07, 6.45) is 3.20. The molecule has 3 aromatic heterocycles. The van der Waals surface area contributed by atoms with Crippen LogP contribution in [0.5, 0.6) is 0 Å². The highest BCUT2D eigenvalue weighted by atomic mass is 19.1. The Kier molecular flexibility index (Phi) is 3.82. The van der Waals surface area contributed by atoms with E-state index >= 15 is 0 Å². The maximum Gasteiger partial charge on any atom is 0.274 e. The van der Waals surface area contributed by atoms with Gasteiger partial charge in [-0.05, 0) is 36.4 Å². The predicted molar refractivity (Wildman–Crippen MR) is 79.6 cm³/mol. The third-order valence-corrected chi connectivity index (χ3v) is 2.90. The zero-order valence-corrected chi connectivity index (χ0v) is 11.4.